The highest BCUT2D eigenvalue weighted by atomic mass is 16.2. The predicted octanol–water partition coefficient (Wildman–Crippen LogP) is 5.53. The van der Waals surface area contributed by atoms with Crippen LogP contribution in [0.25, 0.3) is 0 Å². The van der Waals surface area contributed by atoms with E-state index in [0.29, 0.717) is 35.6 Å². The van der Waals surface area contributed by atoms with Crippen molar-refractivity contribution in [2.75, 3.05) is 5.32 Å². The van der Waals surface area contributed by atoms with Gasteiger partial charge in [0.15, 0.2) is 5.78 Å². The number of carbonyl (C=O) groups excluding carboxylic acids is 3. The first-order chi connectivity index (χ1) is 16.6. The number of aromatic amines is 1. The minimum absolute atomic E-state index is 0.0751. The molecule has 35 heavy (non-hydrogen) atoms. The van der Waals surface area contributed by atoms with Crippen LogP contribution < -0.4 is 10.6 Å². The first-order valence-electron chi connectivity index (χ1n) is 13.1. The Balaban J connectivity index is 1.50. The molecule has 3 N–H and O–H groups in total. The van der Waals surface area contributed by atoms with Gasteiger partial charge in [0.1, 0.15) is 11.7 Å². The topological polar surface area (TPSA) is 91.1 Å². The number of ketones is 1. The van der Waals surface area contributed by atoms with E-state index in [1.54, 1.807) is 0 Å². The van der Waals surface area contributed by atoms with Crippen LogP contribution in [0.3, 0.4) is 0 Å². The number of rotatable bonds is 7. The number of anilines is 1. The van der Waals surface area contributed by atoms with Crippen LogP contribution >= 0.6 is 0 Å². The number of hydrogen-bond donors (Lipinski definition) is 3. The first kappa shape index (κ1) is 25.2. The Hall–Kier alpha value is -2.89. The second-order valence-electron chi connectivity index (χ2n) is 11.4. The van der Waals surface area contributed by atoms with E-state index in [1.807, 2.05) is 13.0 Å². The molecule has 0 saturated carbocycles. The number of nitrogens with one attached hydrogen (secondary N) is 3. The number of H-pyrrole nitrogens is 1. The summed E-state index contributed by atoms with van der Waals surface area (Å²) in [5, 5.41) is 5.98. The van der Waals surface area contributed by atoms with Gasteiger partial charge in [-0.3, -0.25) is 14.4 Å². The molecular weight excluding hydrogens is 438 g/mol. The first-order valence-corrected chi connectivity index (χ1v) is 13.1. The lowest BCUT2D eigenvalue weighted by atomic mass is 9.75. The Bertz CT molecular complexity index is 1140. The molecule has 1 aromatic carbocycles. The summed E-state index contributed by atoms with van der Waals surface area (Å²) in [7, 11) is 0. The second-order valence-corrected chi connectivity index (χ2v) is 11.4. The van der Waals surface area contributed by atoms with Gasteiger partial charge in [0.25, 0.3) is 5.91 Å². The molecule has 188 valence electrons. The number of unbranched alkanes of at least 4 members (excludes halogenated alkanes) is 1. The lowest BCUT2D eigenvalue weighted by Crippen LogP contribution is -2.44. The molecule has 6 heteroatoms. The van der Waals surface area contributed by atoms with Gasteiger partial charge in [0.2, 0.25) is 5.91 Å². The Morgan fingerprint density at radius 1 is 1.20 bits per heavy atom. The van der Waals surface area contributed by atoms with Crippen LogP contribution in [0.4, 0.5) is 5.69 Å². The number of hydrogen-bond acceptors (Lipinski definition) is 3. The SMILES string of the molecule is CCCCC(NC(=O)c1[nH]c2c(c1C)C(=O)CC(C)(C)C2)C(=O)Nc1ccc2c(c1)CCC(C)C2. The molecular formula is C29H39N3O3. The maximum absolute atomic E-state index is 13.3. The number of aryl methyl sites for hydroxylation is 1. The van der Waals surface area contributed by atoms with Crippen LogP contribution in [0.15, 0.2) is 18.2 Å². The highest BCUT2D eigenvalue weighted by molar-refractivity contribution is 6.06. The van der Waals surface area contributed by atoms with E-state index in [4.69, 9.17) is 0 Å². The van der Waals surface area contributed by atoms with Gasteiger partial charge in [-0.25, -0.2) is 0 Å². The molecule has 0 saturated heterocycles. The zero-order chi connectivity index (χ0) is 25.3. The fraction of sp³-hybridized carbons (Fsp3) is 0.552. The lowest BCUT2D eigenvalue weighted by Gasteiger charge is -2.28. The lowest BCUT2D eigenvalue weighted by molar-refractivity contribution is -0.118. The summed E-state index contributed by atoms with van der Waals surface area (Å²) in [5.74, 6) is 0.228. The van der Waals surface area contributed by atoms with Gasteiger partial charge in [-0.05, 0) is 79.2 Å². The second kappa shape index (κ2) is 10.00. The molecule has 2 atom stereocenters. The highest BCUT2D eigenvalue weighted by Gasteiger charge is 2.35. The summed E-state index contributed by atoms with van der Waals surface area (Å²) < 4.78 is 0. The minimum Gasteiger partial charge on any atom is -0.354 e. The quantitative estimate of drug-likeness (QED) is 0.490. The van der Waals surface area contributed by atoms with Crippen molar-refractivity contribution >= 4 is 23.3 Å². The molecule has 1 aromatic heterocycles. The molecule has 0 spiro atoms. The summed E-state index contributed by atoms with van der Waals surface area (Å²) in [6.45, 7) is 10.3. The van der Waals surface area contributed by atoms with Crippen LogP contribution in [0.1, 0.15) is 103 Å². The molecule has 4 rings (SSSR count). The zero-order valence-corrected chi connectivity index (χ0v) is 21.8. The number of benzene rings is 1. The van der Waals surface area contributed by atoms with E-state index in [1.165, 1.54) is 17.5 Å². The van der Waals surface area contributed by atoms with Crippen molar-refractivity contribution in [2.24, 2.45) is 11.3 Å². The smallest absolute Gasteiger partial charge is 0.268 e. The van der Waals surface area contributed by atoms with E-state index >= 15 is 0 Å². The third-order valence-electron chi connectivity index (χ3n) is 7.54. The maximum atomic E-state index is 13.3. The van der Waals surface area contributed by atoms with Gasteiger partial charge in [0, 0.05) is 23.4 Å². The van der Waals surface area contributed by atoms with Crippen molar-refractivity contribution in [3.05, 3.63) is 51.8 Å². The van der Waals surface area contributed by atoms with E-state index in [9.17, 15) is 14.4 Å². The Morgan fingerprint density at radius 3 is 2.71 bits per heavy atom. The summed E-state index contributed by atoms with van der Waals surface area (Å²) in [6, 6.07) is 5.51. The van der Waals surface area contributed by atoms with Crippen molar-refractivity contribution < 1.29 is 14.4 Å². The van der Waals surface area contributed by atoms with Crippen molar-refractivity contribution in [1.82, 2.24) is 10.3 Å². The molecule has 1 heterocycles. The Morgan fingerprint density at radius 2 is 1.97 bits per heavy atom. The monoisotopic (exact) mass is 477 g/mol. The fourth-order valence-corrected chi connectivity index (χ4v) is 5.61. The third-order valence-corrected chi connectivity index (χ3v) is 7.54. The number of Topliss-reactive ketones (excluding diaryl/α,β-unsaturated/α-hetero) is 1. The highest BCUT2D eigenvalue weighted by Crippen LogP contribution is 2.36. The van der Waals surface area contributed by atoms with E-state index in [-0.39, 0.29) is 23.0 Å². The molecule has 2 aromatic rings. The largest absolute Gasteiger partial charge is 0.354 e. The number of fused-ring (bicyclic) bond motifs is 2. The van der Waals surface area contributed by atoms with Crippen LogP contribution in [-0.2, 0) is 24.1 Å². The van der Waals surface area contributed by atoms with Gasteiger partial charge in [-0.2, -0.15) is 0 Å². The molecule has 2 amide bonds. The average Bonchev–Trinajstić information content (AvgIpc) is 3.11. The summed E-state index contributed by atoms with van der Waals surface area (Å²) in [6.07, 6.45) is 6.78. The standard InChI is InChI=1S/C29H39N3O3/c1-6-7-8-22(27(34)30-21-12-11-19-13-17(2)9-10-20(19)14-21)32-28(35)26-18(3)25-23(31-26)15-29(4,5)16-24(25)33/h11-12,14,17,22,31H,6-10,13,15-16H2,1-5H3,(H,30,34)(H,32,35). The van der Waals surface area contributed by atoms with Crippen molar-refractivity contribution in [3.8, 4) is 0 Å². The Kier molecular flexibility index (Phi) is 7.20. The van der Waals surface area contributed by atoms with Crippen molar-refractivity contribution in [2.45, 2.75) is 92.0 Å². The van der Waals surface area contributed by atoms with Crippen LogP contribution in [0.2, 0.25) is 0 Å². The predicted molar refractivity (Wildman–Crippen MR) is 139 cm³/mol. The molecule has 2 unspecified atom stereocenters. The maximum Gasteiger partial charge on any atom is 0.268 e. The fourth-order valence-electron chi connectivity index (χ4n) is 5.61. The number of carbonyl (C=O) groups is 3. The van der Waals surface area contributed by atoms with Gasteiger partial charge in [0.05, 0.1) is 0 Å². The molecule has 2 aliphatic carbocycles. The Labute approximate surface area is 208 Å². The molecule has 6 nitrogen and oxygen atoms in total. The summed E-state index contributed by atoms with van der Waals surface area (Å²) >= 11 is 0. The molecule has 2 aliphatic rings. The summed E-state index contributed by atoms with van der Waals surface area (Å²) in [4.78, 5) is 42.5. The molecule has 0 radical (unpaired) electrons. The third kappa shape index (κ3) is 5.52. The van der Waals surface area contributed by atoms with E-state index < -0.39 is 6.04 Å². The molecule has 0 aliphatic heterocycles. The van der Waals surface area contributed by atoms with E-state index in [0.717, 1.165) is 43.5 Å². The molecule has 0 bridgehead atoms. The van der Waals surface area contributed by atoms with Crippen LogP contribution in [-0.4, -0.2) is 28.6 Å². The number of aromatic nitrogens is 1. The van der Waals surface area contributed by atoms with Gasteiger partial charge in [-0.15, -0.1) is 0 Å². The normalized spacial score (nSPS) is 19.5. The van der Waals surface area contributed by atoms with Crippen molar-refractivity contribution in [3.63, 3.8) is 0 Å². The number of amides is 2. The van der Waals surface area contributed by atoms with Gasteiger partial charge < -0.3 is 15.6 Å². The average molecular weight is 478 g/mol. The zero-order valence-electron chi connectivity index (χ0n) is 21.8. The molecule has 0 fully saturated rings. The van der Waals surface area contributed by atoms with Gasteiger partial charge >= 0.3 is 0 Å². The summed E-state index contributed by atoms with van der Waals surface area (Å²) in [5.41, 5.74) is 5.84. The van der Waals surface area contributed by atoms with Crippen LogP contribution in [0, 0.1) is 18.3 Å². The van der Waals surface area contributed by atoms with Crippen molar-refractivity contribution in [1.29, 1.82) is 0 Å². The van der Waals surface area contributed by atoms with Crippen LogP contribution in [0.5, 0.6) is 0 Å². The van der Waals surface area contributed by atoms with E-state index in [2.05, 4.69) is 55.4 Å². The van der Waals surface area contributed by atoms with Gasteiger partial charge in [-0.1, -0.05) is 46.6 Å². The minimum atomic E-state index is -0.648.